The summed E-state index contributed by atoms with van der Waals surface area (Å²) in [4.78, 5) is 47.3. The largest absolute Gasteiger partial charge is 0.469 e. The maximum absolute atomic E-state index is 11.1. The van der Waals surface area contributed by atoms with E-state index in [9.17, 15) is 19.2 Å². The minimum Gasteiger partial charge on any atom is -0.469 e. The first-order chi connectivity index (χ1) is 7.04. The molecule has 82 valence electrons. The SMILES string of the molecule is COC(=O)CCn1c(=O)[nH]c(=O)[nH]c1=O. The normalized spacial score (nSPS) is 9.93. The van der Waals surface area contributed by atoms with Crippen LogP contribution < -0.4 is 17.1 Å². The Morgan fingerprint density at radius 3 is 2.27 bits per heavy atom. The molecule has 0 fully saturated rings. The molecule has 2 N–H and O–H groups in total. The van der Waals surface area contributed by atoms with E-state index in [2.05, 4.69) is 4.74 Å². The predicted octanol–water partition coefficient (Wildman–Crippen LogP) is -2.21. The highest BCUT2D eigenvalue weighted by Gasteiger charge is 2.06. The van der Waals surface area contributed by atoms with Crippen molar-refractivity contribution in [1.82, 2.24) is 14.5 Å². The number of H-pyrrole nitrogens is 2. The molecule has 8 heteroatoms. The van der Waals surface area contributed by atoms with Crippen molar-refractivity contribution < 1.29 is 9.53 Å². The Labute approximate surface area is 82.5 Å². The third-order valence-corrected chi connectivity index (χ3v) is 1.70. The zero-order valence-electron chi connectivity index (χ0n) is 7.90. The molecule has 1 heterocycles. The molecule has 0 radical (unpaired) electrons. The topological polar surface area (TPSA) is 114 Å². The van der Waals surface area contributed by atoms with Crippen LogP contribution in [0, 0.1) is 0 Å². The first kappa shape index (κ1) is 11.0. The summed E-state index contributed by atoms with van der Waals surface area (Å²) >= 11 is 0. The number of carbonyl (C=O) groups excluding carboxylic acids is 1. The van der Waals surface area contributed by atoms with Gasteiger partial charge in [0.1, 0.15) is 0 Å². The number of esters is 1. The van der Waals surface area contributed by atoms with Gasteiger partial charge in [-0.3, -0.25) is 14.8 Å². The Morgan fingerprint density at radius 1 is 1.27 bits per heavy atom. The second-order valence-electron chi connectivity index (χ2n) is 2.67. The second-order valence-corrected chi connectivity index (χ2v) is 2.67. The average Bonchev–Trinajstić information content (AvgIpc) is 2.15. The van der Waals surface area contributed by atoms with Crippen molar-refractivity contribution in [2.24, 2.45) is 0 Å². The van der Waals surface area contributed by atoms with Gasteiger partial charge < -0.3 is 4.74 Å². The molecule has 1 rings (SSSR count). The van der Waals surface area contributed by atoms with Crippen LogP contribution >= 0.6 is 0 Å². The number of rotatable bonds is 3. The molecular weight excluding hydrogens is 206 g/mol. The molecule has 0 saturated heterocycles. The number of hydrogen-bond acceptors (Lipinski definition) is 5. The third kappa shape index (κ3) is 2.66. The van der Waals surface area contributed by atoms with Crippen molar-refractivity contribution in [2.45, 2.75) is 13.0 Å². The van der Waals surface area contributed by atoms with Crippen molar-refractivity contribution in [2.75, 3.05) is 7.11 Å². The highest BCUT2D eigenvalue weighted by atomic mass is 16.5. The fourth-order valence-corrected chi connectivity index (χ4v) is 0.961. The van der Waals surface area contributed by atoms with Gasteiger partial charge in [-0.05, 0) is 0 Å². The minimum atomic E-state index is -0.876. The lowest BCUT2D eigenvalue weighted by atomic mass is 10.4. The first-order valence-electron chi connectivity index (χ1n) is 4.05. The van der Waals surface area contributed by atoms with E-state index in [0.717, 1.165) is 0 Å². The van der Waals surface area contributed by atoms with E-state index in [1.54, 1.807) is 0 Å². The zero-order valence-corrected chi connectivity index (χ0v) is 7.90. The summed E-state index contributed by atoms with van der Waals surface area (Å²) in [5.41, 5.74) is -2.58. The summed E-state index contributed by atoms with van der Waals surface area (Å²) in [7, 11) is 1.20. The summed E-state index contributed by atoms with van der Waals surface area (Å²) < 4.78 is 5.04. The van der Waals surface area contributed by atoms with Crippen LogP contribution in [0.15, 0.2) is 14.4 Å². The Bertz CT molecular complexity index is 488. The molecule has 0 bridgehead atoms. The molecule has 0 aliphatic rings. The van der Waals surface area contributed by atoms with Gasteiger partial charge >= 0.3 is 23.0 Å². The molecule has 0 aromatic carbocycles. The molecule has 0 aliphatic carbocycles. The van der Waals surface area contributed by atoms with E-state index in [1.165, 1.54) is 7.11 Å². The summed E-state index contributed by atoms with van der Waals surface area (Å²) in [6.45, 7) is -0.141. The maximum Gasteiger partial charge on any atom is 0.333 e. The Morgan fingerprint density at radius 2 is 1.80 bits per heavy atom. The number of aromatic amines is 2. The van der Waals surface area contributed by atoms with E-state index in [1.807, 2.05) is 9.97 Å². The standard InChI is InChI=1S/C7H9N3O5/c1-15-4(11)2-3-10-6(13)8-5(12)9-7(10)14/h2-3H2,1H3,(H2,8,9,12,13,14). The van der Waals surface area contributed by atoms with E-state index < -0.39 is 23.0 Å². The highest BCUT2D eigenvalue weighted by Crippen LogP contribution is 1.84. The Hall–Kier alpha value is -2.12. The van der Waals surface area contributed by atoms with Crippen LogP contribution in [0.1, 0.15) is 6.42 Å². The number of nitrogens with one attached hydrogen (secondary N) is 2. The van der Waals surface area contributed by atoms with Gasteiger partial charge in [0.25, 0.3) is 0 Å². The van der Waals surface area contributed by atoms with Crippen molar-refractivity contribution in [3.05, 3.63) is 31.5 Å². The van der Waals surface area contributed by atoms with Crippen LogP contribution in [0.2, 0.25) is 0 Å². The molecule has 0 amide bonds. The zero-order chi connectivity index (χ0) is 11.4. The first-order valence-corrected chi connectivity index (χ1v) is 4.05. The van der Waals surface area contributed by atoms with Crippen LogP contribution in [0.5, 0.6) is 0 Å². The molecule has 8 nitrogen and oxygen atoms in total. The number of hydrogen-bond donors (Lipinski definition) is 2. The summed E-state index contributed by atoms with van der Waals surface area (Å²) in [5, 5.41) is 0. The lowest BCUT2D eigenvalue weighted by Gasteiger charge is -2.01. The van der Waals surface area contributed by atoms with Crippen molar-refractivity contribution in [3.63, 3.8) is 0 Å². The quantitative estimate of drug-likeness (QED) is 0.555. The Balaban J connectivity index is 2.96. The summed E-state index contributed by atoms with van der Waals surface area (Å²) in [6.07, 6.45) is -0.120. The molecule has 0 atom stereocenters. The fourth-order valence-electron chi connectivity index (χ4n) is 0.961. The van der Waals surface area contributed by atoms with E-state index in [0.29, 0.717) is 4.57 Å². The summed E-state index contributed by atoms with van der Waals surface area (Å²) in [5.74, 6) is -0.549. The van der Waals surface area contributed by atoms with Gasteiger partial charge in [-0.1, -0.05) is 0 Å². The van der Waals surface area contributed by atoms with Gasteiger partial charge in [0.05, 0.1) is 13.5 Å². The number of aromatic nitrogens is 3. The van der Waals surface area contributed by atoms with Crippen LogP contribution in [-0.4, -0.2) is 27.6 Å². The lowest BCUT2D eigenvalue weighted by molar-refractivity contribution is -0.140. The molecular formula is C7H9N3O5. The second kappa shape index (κ2) is 4.40. The highest BCUT2D eigenvalue weighted by molar-refractivity contribution is 5.68. The predicted molar refractivity (Wildman–Crippen MR) is 48.6 cm³/mol. The fraction of sp³-hybridized carbons (Fsp3) is 0.429. The van der Waals surface area contributed by atoms with Gasteiger partial charge in [-0.2, -0.15) is 0 Å². The van der Waals surface area contributed by atoms with Crippen LogP contribution in [0.4, 0.5) is 0 Å². The van der Waals surface area contributed by atoms with Crippen molar-refractivity contribution in [3.8, 4) is 0 Å². The van der Waals surface area contributed by atoms with Gasteiger partial charge in [-0.25, -0.2) is 19.0 Å². The van der Waals surface area contributed by atoms with Crippen molar-refractivity contribution in [1.29, 1.82) is 0 Å². The Kier molecular flexibility index (Phi) is 3.21. The average molecular weight is 215 g/mol. The number of ether oxygens (including phenoxy) is 1. The molecule has 0 unspecified atom stereocenters. The maximum atomic E-state index is 11.1. The van der Waals surface area contributed by atoms with Gasteiger partial charge in [0, 0.05) is 6.54 Å². The molecule has 1 aromatic heterocycles. The van der Waals surface area contributed by atoms with Gasteiger partial charge in [0.15, 0.2) is 0 Å². The lowest BCUT2D eigenvalue weighted by Crippen LogP contribution is -2.43. The molecule has 15 heavy (non-hydrogen) atoms. The van der Waals surface area contributed by atoms with Crippen LogP contribution in [-0.2, 0) is 16.1 Å². The third-order valence-electron chi connectivity index (χ3n) is 1.70. The summed E-state index contributed by atoms with van der Waals surface area (Å²) in [6, 6.07) is 0. The van der Waals surface area contributed by atoms with Crippen LogP contribution in [0.25, 0.3) is 0 Å². The molecule has 0 aliphatic heterocycles. The van der Waals surface area contributed by atoms with Gasteiger partial charge in [-0.15, -0.1) is 0 Å². The van der Waals surface area contributed by atoms with Crippen LogP contribution in [0.3, 0.4) is 0 Å². The number of nitrogens with zero attached hydrogens (tertiary/aromatic N) is 1. The van der Waals surface area contributed by atoms with E-state index in [-0.39, 0.29) is 13.0 Å². The molecule has 0 spiro atoms. The van der Waals surface area contributed by atoms with Gasteiger partial charge in [0.2, 0.25) is 0 Å². The van der Waals surface area contributed by atoms with E-state index >= 15 is 0 Å². The van der Waals surface area contributed by atoms with Crippen molar-refractivity contribution >= 4 is 5.97 Å². The molecule has 0 saturated carbocycles. The van der Waals surface area contributed by atoms with E-state index in [4.69, 9.17) is 0 Å². The molecule has 1 aromatic rings. The number of carbonyl (C=O) groups is 1. The monoisotopic (exact) mass is 215 g/mol. The minimum absolute atomic E-state index is 0.120. The smallest absolute Gasteiger partial charge is 0.333 e. The number of methoxy groups -OCH3 is 1.